The zero-order valence-electron chi connectivity index (χ0n) is 10.6. The lowest BCUT2D eigenvalue weighted by atomic mass is 9.99. The van der Waals surface area contributed by atoms with Gasteiger partial charge in [0.25, 0.3) is 0 Å². The third-order valence-electron chi connectivity index (χ3n) is 2.77. The van der Waals surface area contributed by atoms with Gasteiger partial charge in [-0.2, -0.15) is 0 Å². The lowest BCUT2D eigenvalue weighted by molar-refractivity contribution is 0.340. The smallest absolute Gasteiger partial charge is 0.119 e. The average Bonchev–Trinajstić information content (AvgIpc) is 2.37. The van der Waals surface area contributed by atoms with Crippen molar-refractivity contribution in [1.82, 2.24) is 0 Å². The molecule has 0 aliphatic carbocycles. The molecule has 0 bridgehead atoms. The minimum Gasteiger partial charge on any atom is -0.494 e. The molecule has 4 heteroatoms. The Bertz CT molecular complexity index is 552. The van der Waals surface area contributed by atoms with Crippen LogP contribution in [0.4, 0.5) is 0 Å². The van der Waals surface area contributed by atoms with Crippen molar-refractivity contribution in [3.8, 4) is 5.75 Å². The molecule has 2 N–H and O–H groups in total. The molecule has 0 aromatic heterocycles. The Morgan fingerprint density at radius 3 is 2.37 bits per heavy atom. The molecule has 2 aromatic carbocycles. The Labute approximate surface area is 123 Å². The van der Waals surface area contributed by atoms with E-state index >= 15 is 0 Å². The van der Waals surface area contributed by atoms with Gasteiger partial charge in [-0.3, -0.25) is 0 Å². The lowest BCUT2D eigenvalue weighted by Crippen LogP contribution is -2.12. The van der Waals surface area contributed by atoms with Crippen molar-refractivity contribution < 1.29 is 4.74 Å². The van der Waals surface area contributed by atoms with Crippen LogP contribution < -0.4 is 10.5 Å². The summed E-state index contributed by atoms with van der Waals surface area (Å²) >= 11 is 12.0. The van der Waals surface area contributed by atoms with Crippen molar-refractivity contribution in [3.63, 3.8) is 0 Å². The molecule has 0 aliphatic rings. The molecule has 0 aliphatic heterocycles. The standard InChI is InChI=1S/C15H15Cl2NO/c1-2-19-14-5-3-4-10(8-14)15(18)11-6-12(16)9-13(17)7-11/h3-9,15H,2,18H2,1H3. The minimum atomic E-state index is -0.281. The number of nitrogens with two attached hydrogens (primary N) is 1. The van der Waals surface area contributed by atoms with Gasteiger partial charge in [-0.25, -0.2) is 0 Å². The van der Waals surface area contributed by atoms with Gasteiger partial charge in [-0.05, 0) is 48.4 Å². The summed E-state index contributed by atoms with van der Waals surface area (Å²) in [6.07, 6.45) is 0. The van der Waals surface area contributed by atoms with Crippen LogP contribution in [0.15, 0.2) is 42.5 Å². The van der Waals surface area contributed by atoms with E-state index in [2.05, 4.69) is 0 Å². The quantitative estimate of drug-likeness (QED) is 0.905. The van der Waals surface area contributed by atoms with Gasteiger partial charge in [-0.1, -0.05) is 35.3 Å². The van der Waals surface area contributed by atoms with Gasteiger partial charge >= 0.3 is 0 Å². The molecule has 100 valence electrons. The predicted molar refractivity (Wildman–Crippen MR) is 80.1 cm³/mol. The first-order valence-electron chi connectivity index (χ1n) is 6.04. The summed E-state index contributed by atoms with van der Waals surface area (Å²) in [6, 6.07) is 12.8. The highest BCUT2D eigenvalue weighted by Crippen LogP contribution is 2.27. The van der Waals surface area contributed by atoms with Crippen molar-refractivity contribution in [2.45, 2.75) is 13.0 Å². The molecule has 0 saturated heterocycles. The maximum absolute atomic E-state index is 6.25. The second kappa shape index (κ2) is 6.29. The van der Waals surface area contributed by atoms with Crippen molar-refractivity contribution >= 4 is 23.2 Å². The highest BCUT2D eigenvalue weighted by Gasteiger charge is 2.11. The number of halogens is 2. The monoisotopic (exact) mass is 295 g/mol. The predicted octanol–water partition coefficient (Wildman–Crippen LogP) is 4.44. The van der Waals surface area contributed by atoms with E-state index in [9.17, 15) is 0 Å². The summed E-state index contributed by atoms with van der Waals surface area (Å²) < 4.78 is 5.47. The maximum Gasteiger partial charge on any atom is 0.119 e. The Balaban J connectivity index is 2.32. The molecule has 1 atom stereocenters. The summed E-state index contributed by atoms with van der Waals surface area (Å²) in [7, 11) is 0. The van der Waals surface area contributed by atoms with Crippen LogP contribution in [0.25, 0.3) is 0 Å². The van der Waals surface area contributed by atoms with Crippen LogP contribution in [-0.4, -0.2) is 6.61 Å². The lowest BCUT2D eigenvalue weighted by Gasteiger charge is -2.14. The zero-order valence-corrected chi connectivity index (χ0v) is 12.1. The summed E-state index contributed by atoms with van der Waals surface area (Å²) in [5, 5.41) is 1.16. The van der Waals surface area contributed by atoms with Gasteiger partial charge < -0.3 is 10.5 Å². The first-order valence-corrected chi connectivity index (χ1v) is 6.80. The van der Waals surface area contributed by atoms with Gasteiger partial charge in [0.15, 0.2) is 0 Å². The SMILES string of the molecule is CCOc1cccc(C(N)c2cc(Cl)cc(Cl)c2)c1. The molecule has 0 heterocycles. The number of ether oxygens (including phenoxy) is 1. The van der Waals surface area contributed by atoms with Crippen LogP contribution in [0.3, 0.4) is 0 Å². The molecule has 0 amide bonds. The average molecular weight is 296 g/mol. The van der Waals surface area contributed by atoms with Crippen molar-refractivity contribution in [2.75, 3.05) is 6.61 Å². The van der Waals surface area contributed by atoms with E-state index < -0.39 is 0 Å². The summed E-state index contributed by atoms with van der Waals surface area (Å²) in [6.45, 7) is 2.57. The van der Waals surface area contributed by atoms with Crippen molar-refractivity contribution in [3.05, 3.63) is 63.6 Å². The maximum atomic E-state index is 6.25. The van der Waals surface area contributed by atoms with E-state index in [1.165, 1.54) is 0 Å². The van der Waals surface area contributed by atoms with E-state index in [4.69, 9.17) is 33.7 Å². The topological polar surface area (TPSA) is 35.2 Å². The molecule has 1 unspecified atom stereocenters. The molecule has 0 radical (unpaired) electrons. The molecular formula is C15H15Cl2NO. The zero-order chi connectivity index (χ0) is 13.8. The second-order valence-corrected chi connectivity index (χ2v) is 5.06. The van der Waals surface area contributed by atoms with Gasteiger partial charge in [0.1, 0.15) is 5.75 Å². The number of rotatable bonds is 4. The van der Waals surface area contributed by atoms with E-state index in [0.29, 0.717) is 16.7 Å². The van der Waals surface area contributed by atoms with Crippen LogP contribution in [0, 0.1) is 0 Å². The van der Waals surface area contributed by atoms with E-state index in [1.54, 1.807) is 6.07 Å². The number of benzene rings is 2. The largest absolute Gasteiger partial charge is 0.494 e. The summed E-state index contributed by atoms with van der Waals surface area (Å²) in [5.41, 5.74) is 8.09. The first kappa shape index (κ1) is 14.2. The molecule has 2 rings (SSSR count). The highest BCUT2D eigenvalue weighted by atomic mass is 35.5. The van der Waals surface area contributed by atoms with Crippen LogP contribution in [-0.2, 0) is 0 Å². The molecule has 2 nitrogen and oxygen atoms in total. The second-order valence-electron chi connectivity index (χ2n) is 4.19. The van der Waals surface area contributed by atoms with Crippen LogP contribution in [0.2, 0.25) is 10.0 Å². The van der Waals surface area contributed by atoms with Gasteiger partial charge in [0, 0.05) is 10.0 Å². The minimum absolute atomic E-state index is 0.281. The summed E-state index contributed by atoms with van der Waals surface area (Å²) in [5.74, 6) is 0.809. The van der Waals surface area contributed by atoms with Crippen LogP contribution in [0.5, 0.6) is 5.75 Å². The van der Waals surface area contributed by atoms with Crippen LogP contribution >= 0.6 is 23.2 Å². The molecule has 0 fully saturated rings. The first-order chi connectivity index (χ1) is 9.10. The molecule has 2 aromatic rings. The fraction of sp³-hybridized carbons (Fsp3) is 0.200. The highest BCUT2D eigenvalue weighted by molar-refractivity contribution is 6.34. The Morgan fingerprint density at radius 1 is 1.05 bits per heavy atom. The molecule has 19 heavy (non-hydrogen) atoms. The fourth-order valence-electron chi connectivity index (χ4n) is 1.91. The van der Waals surface area contributed by atoms with E-state index in [0.717, 1.165) is 16.9 Å². The van der Waals surface area contributed by atoms with Crippen LogP contribution in [0.1, 0.15) is 24.1 Å². The van der Waals surface area contributed by atoms with Gasteiger partial charge in [0.05, 0.1) is 12.6 Å². The third kappa shape index (κ3) is 3.63. The van der Waals surface area contributed by atoms with E-state index in [1.807, 2.05) is 43.3 Å². The van der Waals surface area contributed by atoms with Gasteiger partial charge in [0.2, 0.25) is 0 Å². The van der Waals surface area contributed by atoms with E-state index in [-0.39, 0.29) is 6.04 Å². The molecular weight excluding hydrogens is 281 g/mol. The normalized spacial score (nSPS) is 12.2. The summed E-state index contributed by atoms with van der Waals surface area (Å²) in [4.78, 5) is 0. The number of hydrogen-bond acceptors (Lipinski definition) is 2. The van der Waals surface area contributed by atoms with Crippen molar-refractivity contribution in [1.29, 1.82) is 0 Å². The molecule has 0 spiro atoms. The fourth-order valence-corrected chi connectivity index (χ4v) is 2.45. The van der Waals surface area contributed by atoms with Crippen molar-refractivity contribution in [2.24, 2.45) is 5.73 Å². The Morgan fingerprint density at radius 2 is 1.74 bits per heavy atom. The Kier molecular flexibility index (Phi) is 4.70. The number of hydrogen-bond donors (Lipinski definition) is 1. The Hall–Kier alpha value is -1.22. The van der Waals surface area contributed by atoms with Gasteiger partial charge in [-0.15, -0.1) is 0 Å². The third-order valence-corrected chi connectivity index (χ3v) is 3.21. The molecule has 0 saturated carbocycles.